The SMILES string of the molecule is Cc1ccc(-n2nc(-c3ccccc3)c3c2N(CC(=O)NCc2cccnc2)C(=O)CSC3c2ccccc2C)cc1. The van der Waals surface area contributed by atoms with E-state index in [1.807, 2.05) is 90.5 Å². The Kier molecular flexibility index (Phi) is 7.88. The molecule has 0 radical (unpaired) electrons. The van der Waals surface area contributed by atoms with Crippen LogP contribution in [-0.2, 0) is 16.1 Å². The molecule has 42 heavy (non-hydrogen) atoms. The van der Waals surface area contributed by atoms with E-state index >= 15 is 0 Å². The molecule has 3 aromatic carbocycles. The van der Waals surface area contributed by atoms with Crippen molar-refractivity contribution in [3.63, 3.8) is 0 Å². The first-order chi connectivity index (χ1) is 20.5. The Morgan fingerprint density at radius 3 is 2.45 bits per heavy atom. The summed E-state index contributed by atoms with van der Waals surface area (Å²) in [6.07, 6.45) is 3.42. The van der Waals surface area contributed by atoms with Crippen LogP contribution in [0.25, 0.3) is 16.9 Å². The number of amides is 2. The van der Waals surface area contributed by atoms with Crippen molar-refractivity contribution >= 4 is 29.4 Å². The van der Waals surface area contributed by atoms with Crippen molar-refractivity contribution in [3.8, 4) is 16.9 Å². The van der Waals surface area contributed by atoms with Gasteiger partial charge in [-0.2, -0.15) is 5.10 Å². The van der Waals surface area contributed by atoms with Gasteiger partial charge < -0.3 is 5.32 Å². The summed E-state index contributed by atoms with van der Waals surface area (Å²) >= 11 is 1.58. The second kappa shape index (κ2) is 12.0. The summed E-state index contributed by atoms with van der Waals surface area (Å²) in [4.78, 5) is 33.0. The fourth-order valence-electron chi connectivity index (χ4n) is 5.22. The highest BCUT2D eigenvalue weighted by Crippen LogP contribution is 2.49. The maximum absolute atomic E-state index is 13.9. The molecule has 0 aliphatic carbocycles. The van der Waals surface area contributed by atoms with Crippen molar-refractivity contribution in [1.29, 1.82) is 0 Å². The van der Waals surface area contributed by atoms with Gasteiger partial charge in [-0.15, -0.1) is 11.8 Å². The Hall–Kier alpha value is -4.69. The third-order valence-electron chi connectivity index (χ3n) is 7.40. The van der Waals surface area contributed by atoms with Crippen molar-refractivity contribution < 1.29 is 9.59 Å². The van der Waals surface area contributed by atoms with Crippen molar-refractivity contribution in [2.75, 3.05) is 17.2 Å². The number of carbonyl (C=O) groups is 2. The van der Waals surface area contributed by atoms with Crippen LogP contribution in [0, 0.1) is 13.8 Å². The smallest absolute Gasteiger partial charge is 0.240 e. The van der Waals surface area contributed by atoms with E-state index < -0.39 is 0 Å². The standard InChI is InChI=1S/C34H31N5O2S/c1-23-14-16-27(17-15-23)39-34-31(32(37-39)26-11-4-3-5-12-26)33(28-13-7-6-9-24(28)2)42-22-30(41)38(34)21-29(40)36-20-25-10-8-18-35-19-25/h3-19,33H,20-22H2,1-2H3,(H,36,40). The average molecular weight is 574 g/mol. The maximum Gasteiger partial charge on any atom is 0.240 e. The van der Waals surface area contributed by atoms with Crippen LogP contribution < -0.4 is 10.2 Å². The molecule has 210 valence electrons. The number of nitrogens with one attached hydrogen (secondary N) is 1. The highest BCUT2D eigenvalue weighted by Gasteiger charge is 2.38. The summed E-state index contributed by atoms with van der Waals surface area (Å²) in [6.45, 7) is 4.34. The van der Waals surface area contributed by atoms with Gasteiger partial charge in [0, 0.05) is 30.1 Å². The molecule has 2 aromatic heterocycles. The molecule has 0 bridgehead atoms. The Morgan fingerprint density at radius 2 is 1.71 bits per heavy atom. The molecule has 7 nitrogen and oxygen atoms in total. The molecule has 1 unspecified atom stereocenters. The number of nitrogens with zero attached hydrogens (tertiary/aromatic N) is 4. The van der Waals surface area contributed by atoms with Crippen LogP contribution in [0.5, 0.6) is 0 Å². The van der Waals surface area contributed by atoms with Gasteiger partial charge in [-0.25, -0.2) is 4.68 Å². The van der Waals surface area contributed by atoms with Crippen LogP contribution in [0.4, 0.5) is 5.82 Å². The second-order valence-electron chi connectivity index (χ2n) is 10.4. The second-order valence-corrected chi connectivity index (χ2v) is 11.5. The Bertz CT molecular complexity index is 1720. The first-order valence-corrected chi connectivity index (χ1v) is 14.9. The van der Waals surface area contributed by atoms with E-state index in [4.69, 9.17) is 5.10 Å². The third-order valence-corrected chi connectivity index (χ3v) is 8.64. The number of benzene rings is 3. The van der Waals surface area contributed by atoms with Crippen LogP contribution in [-0.4, -0.2) is 38.9 Å². The molecule has 1 aliphatic rings. The highest BCUT2D eigenvalue weighted by atomic mass is 32.2. The number of hydrogen-bond donors (Lipinski definition) is 1. The lowest BCUT2D eigenvalue weighted by Gasteiger charge is -2.23. The predicted octanol–water partition coefficient (Wildman–Crippen LogP) is 6.04. The van der Waals surface area contributed by atoms with Gasteiger partial charge in [-0.05, 0) is 48.7 Å². The largest absolute Gasteiger partial charge is 0.350 e. The van der Waals surface area contributed by atoms with Crippen LogP contribution in [0.15, 0.2) is 103 Å². The Labute approximate surface area is 249 Å². The first kappa shape index (κ1) is 27.5. The van der Waals surface area contributed by atoms with E-state index in [9.17, 15) is 9.59 Å². The van der Waals surface area contributed by atoms with E-state index in [-0.39, 0.29) is 29.4 Å². The maximum atomic E-state index is 13.9. The monoisotopic (exact) mass is 573 g/mol. The summed E-state index contributed by atoms with van der Waals surface area (Å²) in [5, 5.41) is 7.97. The molecule has 6 rings (SSSR count). The zero-order valence-electron chi connectivity index (χ0n) is 23.5. The van der Waals surface area contributed by atoms with Gasteiger partial charge in [0.15, 0.2) is 0 Å². The van der Waals surface area contributed by atoms with Gasteiger partial charge in [0.2, 0.25) is 11.8 Å². The van der Waals surface area contributed by atoms with Gasteiger partial charge in [0.05, 0.1) is 22.4 Å². The minimum atomic E-state index is -0.254. The zero-order chi connectivity index (χ0) is 29.1. The van der Waals surface area contributed by atoms with Gasteiger partial charge in [0.1, 0.15) is 12.4 Å². The summed E-state index contributed by atoms with van der Waals surface area (Å²) in [5.41, 5.74) is 7.76. The first-order valence-electron chi connectivity index (χ1n) is 13.9. The van der Waals surface area contributed by atoms with E-state index in [1.54, 1.807) is 29.1 Å². The number of aromatic nitrogens is 3. The van der Waals surface area contributed by atoms with Gasteiger partial charge in [0.25, 0.3) is 0 Å². The summed E-state index contributed by atoms with van der Waals surface area (Å²) in [6, 6.07) is 30.1. The molecule has 1 aliphatic heterocycles. The van der Waals surface area contributed by atoms with Crippen molar-refractivity contribution in [2.45, 2.75) is 25.6 Å². The minimum Gasteiger partial charge on any atom is -0.350 e. The molecule has 2 amide bonds. The lowest BCUT2D eigenvalue weighted by atomic mass is 9.97. The molecule has 5 aromatic rings. The molecule has 1 N–H and O–H groups in total. The number of pyridine rings is 1. The summed E-state index contributed by atoms with van der Waals surface area (Å²) in [7, 11) is 0. The van der Waals surface area contributed by atoms with Gasteiger partial charge in [-0.3, -0.25) is 19.5 Å². The van der Waals surface area contributed by atoms with Crippen LogP contribution >= 0.6 is 11.8 Å². The molecular formula is C34H31N5O2S. The predicted molar refractivity (Wildman–Crippen MR) is 168 cm³/mol. The lowest BCUT2D eigenvalue weighted by Crippen LogP contribution is -2.42. The van der Waals surface area contributed by atoms with Gasteiger partial charge >= 0.3 is 0 Å². The van der Waals surface area contributed by atoms with E-state index in [1.165, 1.54) is 0 Å². The number of anilines is 1. The number of rotatable bonds is 7. The topological polar surface area (TPSA) is 80.1 Å². The molecule has 3 heterocycles. The fraction of sp³-hybridized carbons (Fsp3) is 0.176. The number of aryl methyl sites for hydroxylation is 2. The van der Waals surface area contributed by atoms with Crippen molar-refractivity contribution in [3.05, 3.63) is 131 Å². The molecule has 0 fully saturated rings. The molecule has 0 saturated carbocycles. The van der Waals surface area contributed by atoms with E-state index in [0.717, 1.165) is 44.8 Å². The third kappa shape index (κ3) is 5.58. The normalized spacial score (nSPS) is 14.8. The number of carbonyl (C=O) groups excluding carboxylic acids is 2. The summed E-state index contributed by atoms with van der Waals surface area (Å²) in [5.74, 6) is 0.459. The van der Waals surface area contributed by atoms with E-state index in [0.29, 0.717) is 12.4 Å². The van der Waals surface area contributed by atoms with Crippen LogP contribution in [0.3, 0.4) is 0 Å². The number of hydrogen-bond acceptors (Lipinski definition) is 5. The quantitative estimate of drug-likeness (QED) is 0.257. The van der Waals surface area contributed by atoms with Crippen molar-refractivity contribution in [2.24, 2.45) is 0 Å². The van der Waals surface area contributed by atoms with Gasteiger partial charge in [-0.1, -0.05) is 78.4 Å². The van der Waals surface area contributed by atoms with Crippen molar-refractivity contribution in [1.82, 2.24) is 20.1 Å². The average Bonchev–Trinajstić information content (AvgIpc) is 3.34. The molecule has 0 saturated heterocycles. The Balaban J connectivity index is 1.52. The molecule has 8 heteroatoms. The summed E-state index contributed by atoms with van der Waals surface area (Å²) < 4.78 is 1.83. The fourth-order valence-corrected chi connectivity index (χ4v) is 6.52. The molecule has 1 atom stereocenters. The van der Waals surface area contributed by atoms with Crippen LogP contribution in [0.1, 0.15) is 33.1 Å². The highest BCUT2D eigenvalue weighted by molar-refractivity contribution is 8.00. The number of thioether (sulfide) groups is 1. The molecular weight excluding hydrogens is 542 g/mol. The number of fused-ring (bicyclic) bond motifs is 1. The van der Waals surface area contributed by atoms with E-state index in [2.05, 4.69) is 29.4 Å². The zero-order valence-corrected chi connectivity index (χ0v) is 24.3. The Morgan fingerprint density at radius 1 is 0.952 bits per heavy atom. The lowest BCUT2D eigenvalue weighted by molar-refractivity contribution is -0.123. The molecule has 0 spiro atoms. The van der Waals surface area contributed by atoms with Crippen LogP contribution in [0.2, 0.25) is 0 Å². The minimum absolute atomic E-state index is 0.126.